The quantitative estimate of drug-likeness (QED) is 0.548. The maximum Gasteiger partial charge on any atom is 0.243 e. The van der Waals surface area contributed by atoms with Gasteiger partial charge in [-0.3, -0.25) is 9.69 Å². The molecule has 0 bridgehead atoms. The zero-order chi connectivity index (χ0) is 23.7. The Balaban J connectivity index is 1.39. The molecule has 0 spiro atoms. The first-order valence-corrected chi connectivity index (χ1v) is 12.4. The molecule has 1 aliphatic heterocycles. The molecule has 34 heavy (non-hydrogen) atoms. The number of rotatable bonds is 6. The fraction of sp³-hybridized carbons (Fsp3) is 0.458. The van der Waals surface area contributed by atoms with Gasteiger partial charge in [-0.1, -0.05) is 6.92 Å². The summed E-state index contributed by atoms with van der Waals surface area (Å²) in [6, 6.07) is 3.28. The number of nitrogens with one attached hydrogen (secondary N) is 2. The SMILES string of the molecule is CC1CCc2c(sc3nc(CN4CCOCC4)nc(NCC(=O)Nc4ccc(F)c(F)c4)c23)C1. The van der Waals surface area contributed by atoms with Gasteiger partial charge in [0, 0.05) is 29.7 Å². The average Bonchev–Trinajstić information content (AvgIpc) is 3.18. The van der Waals surface area contributed by atoms with Crippen molar-refractivity contribution in [3.63, 3.8) is 0 Å². The molecule has 5 rings (SSSR count). The van der Waals surface area contributed by atoms with Crippen LogP contribution in [-0.4, -0.2) is 53.6 Å². The van der Waals surface area contributed by atoms with Gasteiger partial charge in [0.25, 0.3) is 0 Å². The van der Waals surface area contributed by atoms with Crippen LogP contribution in [0.1, 0.15) is 29.6 Å². The van der Waals surface area contributed by atoms with E-state index in [1.54, 1.807) is 11.3 Å². The monoisotopic (exact) mass is 487 g/mol. The molecule has 1 aliphatic carbocycles. The molecule has 1 atom stereocenters. The first-order chi connectivity index (χ1) is 16.5. The second kappa shape index (κ2) is 9.89. The molecule has 1 aromatic carbocycles. The topological polar surface area (TPSA) is 79.4 Å². The molecule has 3 aromatic rings. The molecule has 3 heterocycles. The number of aromatic nitrogens is 2. The number of halogens is 2. The number of anilines is 2. The number of carbonyl (C=O) groups excluding carboxylic acids is 1. The van der Waals surface area contributed by atoms with Crippen LogP contribution in [0.4, 0.5) is 20.3 Å². The second-order valence-electron chi connectivity index (χ2n) is 8.94. The van der Waals surface area contributed by atoms with Crippen molar-refractivity contribution < 1.29 is 18.3 Å². The van der Waals surface area contributed by atoms with Crippen LogP contribution < -0.4 is 10.6 Å². The molecule has 0 saturated carbocycles. The van der Waals surface area contributed by atoms with Gasteiger partial charge in [0.2, 0.25) is 5.91 Å². The highest BCUT2D eigenvalue weighted by Crippen LogP contribution is 2.40. The molecular formula is C24H27F2N5O2S. The van der Waals surface area contributed by atoms with Crippen molar-refractivity contribution >= 4 is 39.0 Å². The summed E-state index contributed by atoms with van der Waals surface area (Å²) in [6.45, 7) is 5.89. The van der Waals surface area contributed by atoms with Gasteiger partial charge < -0.3 is 15.4 Å². The third-order valence-electron chi connectivity index (χ3n) is 6.29. The van der Waals surface area contributed by atoms with E-state index < -0.39 is 11.6 Å². The lowest BCUT2D eigenvalue weighted by Crippen LogP contribution is -2.36. The number of thiophene rings is 1. The molecule has 7 nitrogen and oxygen atoms in total. The van der Waals surface area contributed by atoms with E-state index in [1.807, 2.05) is 0 Å². The Morgan fingerprint density at radius 1 is 1.24 bits per heavy atom. The molecule has 1 fully saturated rings. The molecule has 2 aliphatic rings. The Morgan fingerprint density at radius 2 is 2.06 bits per heavy atom. The number of morpholine rings is 1. The van der Waals surface area contributed by atoms with Crippen LogP contribution >= 0.6 is 11.3 Å². The van der Waals surface area contributed by atoms with Crippen molar-refractivity contribution in [2.45, 2.75) is 32.7 Å². The van der Waals surface area contributed by atoms with Crippen LogP contribution in [-0.2, 0) is 28.9 Å². The Bertz CT molecular complexity index is 1210. The lowest BCUT2D eigenvalue weighted by atomic mass is 9.89. The second-order valence-corrected chi connectivity index (χ2v) is 10.0. The zero-order valence-corrected chi connectivity index (χ0v) is 19.8. The fourth-order valence-corrected chi connectivity index (χ4v) is 5.89. The number of amides is 1. The van der Waals surface area contributed by atoms with Gasteiger partial charge in [0.05, 0.1) is 31.7 Å². The first-order valence-electron chi connectivity index (χ1n) is 11.6. The summed E-state index contributed by atoms with van der Waals surface area (Å²) in [5, 5.41) is 6.79. The maximum atomic E-state index is 13.5. The minimum Gasteiger partial charge on any atom is -0.379 e. The maximum absolute atomic E-state index is 13.5. The van der Waals surface area contributed by atoms with Crippen LogP contribution in [0.15, 0.2) is 18.2 Å². The van der Waals surface area contributed by atoms with Gasteiger partial charge >= 0.3 is 0 Å². The normalized spacial score (nSPS) is 18.6. The molecule has 10 heteroatoms. The molecule has 0 radical (unpaired) electrons. The first kappa shape index (κ1) is 23.1. The molecule has 1 saturated heterocycles. The summed E-state index contributed by atoms with van der Waals surface area (Å²) < 4.78 is 32.1. The summed E-state index contributed by atoms with van der Waals surface area (Å²) in [5.41, 5.74) is 1.48. The van der Waals surface area contributed by atoms with Crippen LogP contribution in [0.25, 0.3) is 10.2 Å². The molecular weight excluding hydrogens is 460 g/mol. The van der Waals surface area contributed by atoms with Gasteiger partial charge in [0.15, 0.2) is 11.6 Å². The van der Waals surface area contributed by atoms with Gasteiger partial charge in [-0.05, 0) is 42.9 Å². The van der Waals surface area contributed by atoms with Crippen LogP contribution in [0, 0.1) is 17.6 Å². The lowest BCUT2D eigenvalue weighted by molar-refractivity contribution is -0.114. The minimum absolute atomic E-state index is 0.0525. The molecule has 180 valence electrons. The van der Waals surface area contributed by atoms with Gasteiger partial charge in [-0.15, -0.1) is 11.3 Å². The number of ether oxygens (including phenoxy) is 1. The molecule has 2 aromatic heterocycles. The van der Waals surface area contributed by atoms with E-state index in [9.17, 15) is 13.6 Å². The fourth-order valence-electron chi connectivity index (χ4n) is 4.49. The predicted octanol–water partition coefficient (Wildman–Crippen LogP) is 3.98. The standard InChI is InChI=1S/C24H27F2N5O2S/c1-14-2-4-16-19(10-14)34-24-22(16)23(29-20(30-24)13-31-6-8-33-9-7-31)27-12-21(32)28-15-3-5-17(25)18(26)11-15/h3,5,11,14H,2,4,6-10,12-13H2,1H3,(H,28,32)(H,27,29,30). The smallest absolute Gasteiger partial charge is 0.243 e. The average molecular weight is 488 g/mol. The third kappa shape index (κ3) is 5.03. The van der Waals surface area contributed by atoms with Crippen LogP contribution in [0.2, 0.25) is 0 Å². The minimum atomic E-state index is -1.00. The van der Waals surface area contributed by atoms with E-state index in [0.29, 0.717) is 37.3 Å². The highest BCUT2D eigenvalue weighted by Gasteiger charge is 2.25. The van der Waals surface area contributed by atoms with Crippen LogP contribution in [0.3, 0.4) is 0 Å². The summed E-state index contributed by atoms with van der Waals surface area (Å²) in [6.07, 6.45) is 3.12. The van der Waals surface area contributed by atoms with Crippen molar-refractivity contribution in [3.05, 3.63) is 46.1 Å². The zero-order valence-electron chi connectivity index (χ0n) is 19.0. The highest BCUT2D eigenvalue weighted by atomic mass is 32.1. The van der Waals surface area contributed by atoms with E-state index in [-0.39, 0.29) is 18.1 Å². The van der Waals surface area contributed by atoms with Crippen molar-refractivity contribution in [1.82, 2.24) is 14.9 Å². The lowest BCUT2D eigenvalue weighted by Gasteiger charge is -2.26. The molecule has 1 amide bonds. The molecule has 2 N–H and O–H groups in total. The Labute approximate surface area is 200 Å². The predicted molar refractivity (Wildman–Crippen MR) is 128 cm³/mol. The Hall–Kier alpha value is -2.69. The number of fused-ring (bicyclic) bond motifs is 3. The van der Waals surface area contributed by atoms with Crippen molar-refractivity contribution in [3.8, 4) is 0 Å². The highest BCUT2D eigenvalue weighted by molar-refractivity contribution is 7.19. The van der Waals surface area contributed by atoms with E-state index in [4.69, 9.17) is 14.7 Å². The van der Waals surface area contributed by atoms with E-state index in [2.05, 4.69) is 22.5 Å². The summed E-state index contributed by atoms with van der Waals surface area (Å²) in [4.78, 5) is 26.8. The number of nitrogens with zero attached hydrogens (tertiary/aromatic N) is 3. The van der Waals surface area contributed by atoms with E-state index in [1.165, 1.54) is 16.5 Å². The van der Waals surface area contributed by atoms with E-state index >= 15 is 0 Å². The van der Waals surface area contributed by atoms with Gasteiger partial charge in [-0.2, -0.15) is 0 Å². The van der Waals surface area contributed by atoms with Crippen molar-refractivity contribution in [2.75, 3.05) is 43.5 Å². The van der Waals surface area contributed by atoms with Crippen molar-refractivity contribution in [2.24, 2.45) is 5.92 Å². The largest absolute Gasteiger partial charge is 0.379 e. The van der Waals surface area contributed by atoms with E-state index in [0.717, 1.165) is 54.7 Å². The Morgan fingerprint density at radius 3 is 2.85 bits per heavy atom. The number of hydrogen-bond donors (Lipinski definition) is 2. The summed E-state index contributed by atoms with van der Waals surface area (Å²) in [7, 11) is 0. The summed E-state index contributed by atoms with van der Waals surface area (Å²) >= 11 is 1.72. The van der Waals surface area contributed by atoms with Crippen LogP contribution in [0.5, 0.6) is 0 Å². The van der Waals surface area contributed by atoms with Gasteiger partial charge in [-0.25, -0.2) is 18.7 Å². The summed E-state index contributed by atoms with van der Waals surface area (Å²) in [5.74, 6) is -0.325. The third-order valence-corrected chi connectivity index (χ3v) is 7.44. The Kier molecular flexibility index (Phi) is 6.71. The number of hydrogen-bond acceptors (Lipinski definition) is 7. The van der Waals surface area contributed by atoms with Crippen molar-refractivity contribution in [1.29, 1.82) is 0 Å². The number of benzene rings is 1. The molecule has 1 unspecified atom stereocenters. The number of aryl methyl sites for hydroxylation is 1. The number of carbonyl (C=O) groups is 1. The van der Waals surface area contributed by atoms with Gasteiger partial charge in [0.1, 0.15) is 16.5 Å².